The fourth-order valence-corrected chi connectivity index (χ4v) is 3.74. The predicted molar refractivity (Wildman–Crippen MR) is 77.2 cm³/mol. The lowest BCUT2D eigenvalue weighted by Gasteiger charge is -2.35. The first kappa shape index (κ1) is 16.8. The minimum absolute atomic E-state index is 0.345. The van der Waals surface area contributed by atoms with Crippen molar-refractivity contribution in [1.82, 2.24) is 0 Å². The number of carbonyl (C=O) groups is 3. The van der Waals surface area contributed by atoms with Gasteiger partial charge in [0.25, 0.3) is 5.41 Å². The van der Waals surface area contributed by atoms with Gasteiger partial charge in [-0.25, -0.2) is 0 Å². The van der Waals surface area contributed by atoms with Crippen LogP contribution in [0.1, 0.15) is 64.2 Å². The summed E-state index contributed by atoms with van der Waals surface area (Å²) in [7, 11) is 0. The molecule has 2 N–H and O–H groups in total. The lowest BCUT2D eigenvalue weighted by molar-refractivity contribution is -0.188. The third-order valence-electron chi connectivity index (χ3n) is 5.04. The number of hydrogen-bond acceptors (Lipinski definition) is 4. The van der Waals surface area contributed by atoms with Crippen LogP contribution in [0.5, 0.6) is 0 Å². The van der Waals surface area contributed by atoms with Crippen molar-refractivity contribution >= 4 is 17.9 Å². The van der Waals surface area contributed by atoms with Gasteiger partial charge >= 0.3 is 17.9 Å². The Morgan fingerprint density at radius 3 is 1.68 bits per heavy atom. The van der Waals surface area contributed by atoms with Gasteiger partial charge < -0.3 is 14.9 Å². The number of carbonyl (C=O) groups excluding carboxylic acids is 1. The summed E-state index contributed by atoms with van der Waals surface area (Å²) >= 11 is 0. The fourth-order valence-electron chi connectivity index (χ4n) is 3.74. The highest BCUT2D eigenvalue weighted by Crippen LogP contribution is 2.41. The van der Waals surface area contributed by atoms with E-state index in [1.54, 1.807) is 0 Å². The molecule has 0 aliphatic heterocycles. The Morgan fingerprint density at radius 1 is 0.773 bits per heavy atom. The molecule has 0 bridgehead atoms. The molecule has 0 spiro atoms. The number of aliphatic carboxylic acids is 2. The molecule has 0 heterocycles. The molecular weight excluding hydrogens is 288 g/mol. The van der Waals surface area contributed by atoms with Gasteiger partial charge in [0.15, 0.2) is 0 Å². The molecule has 2 aliphatic rings. The van der Waals surface area contributed by atoms with Crippen molar-refractivity contribution in [3.05, 3.63) is 0 Å². The maximum Gasteiger partial charge on any atom is 0.335 e. The van der Waals surface area contributed by atoms with Gasteiger partial charge in [0, 0.05) is 0 Å². The molecule has 0 aromatic carbocycles. The van der Waals surface area contributed by atoms with Gasteiger partial charge in [-0.2, -0.15) is 0 Å². The zero-order valence-corrected chi connectivity index (χ0v) is 12.8. The van der Waals surface area contributed by atoms with Crippen LogP contribution >= 0.6 is 0 Å². The number of hydrogen-bond donors (Lipinski definition) is 2. The van der Waals surface area contributed by atoms with Gasteiger partial charge in [-0.05, 0) is 44.4 Å². The molecule has 2 aliphatic carbocycles. The third-order valence-corrected chi connectivity index (χ3v) is 5.04. The van der Waals surface area contributed by atoms with E-state index in [0.29, 0.717) is 25.7 Å². The number of ether oxygens (including phenoxy) is 1. The Kier molecular flexibility index (Phi) is 5.42. The molecule has 6 nitrogen and oxygen atoms in total. The Bertz CT molecular complexity index is 418. The summed E-state index contributed by atoms with van der Waals surface area (Å²) in [5.74, 6) is -4.95. The summed E-state index contributed by atoms with van der Waals surface area (Å²) in [6.07, 6.45) is 7.29. The zero-order chi connectivity index (χ0) is 16.2. The summed E-state index contributed by atoms with van der Waals surface area (Å²) in [6, 6.07) is 0. The molecule has 0 saturated heterocycles. The second-order valence-corrected chi connectivity index (χ2v) is 6.42. The summed E-state index contributed by atoms with van der Waals surface area (Å²) in [5.41, 5.74) is -2.45. The normalized spacial score (nSPS) is 21.3. The fraction of sp³-hybridized carbons (Fsp3) is 0.812. The Labute approximate surface area is 129 Å². The van der Waals surface area contributed by atoms with Crippen molar-refractivity contribution in [2.75, 3.05) is 0 Å². The van der Waals surface area contributed by atoms with Crippen molar-refractivity contribution in [1.29, 1.82) is 0 Å². The first-order valence-corrected chi connectivity index (χ1v) is 8.17. The Balaban J connectivity index is 2.23. The van der Waals surface area contributed by atoms with E-state index in [4.69, 9.17) is 4.74 Å². The molecule has 2 rings (SSSR count). The Hall–Kier alpha value is -1.59. The van der Waals surface area contributed by atoms with E-state index in [0.717, 1.165) is 38.5 Å². The second kappa shape index (κ2) is 7.11. The molecular formula is C16H24O6. The van der Waals surface area contributed by atoms with Crippen molar-refractivity contribution in [3.8, 4) is 0 Å². The molecule has 2 saturated carbocycles. The molecule has 0 radical (unpaired) electrons. The largest absolute Gasteiger partial charge is 0.480 e. The molecule has 0 aromatic heterocycles. The smallest absolute Gasteiger partial charge is 0.335 e. The van der Waals surface area contributed by atoms with E-state index in [1.807, 2.05) is 0 Å². The number of esters is 1. The van der Waals surface area contributed by atoms with Crippen LogP contribution in [0.15, 0.2) is 0 Å². The topological polar surface area (TPSA) is 101 Å². The maximum absolute atomic E-state index is 12.5. The van der Waals surface area contributed by atoms with Gasteiger partial charge in [0.2, 0.25) is 0 Å². The average molecular weight is 312 g/mol. The lowest BCUT2D eigenvalue weighted by atomic mass is 9.68. The van der Waals surface area contributed by atoms with E-state index in [-0.39, 0.29) is 6.10 Å². The monoisotopic (exact) mass is 312 g/mol. The quantitative estimate of drug-likeness (QED) is 0.598. The van der Waals surface area contributed by atoms with Crippen LogP contribution in [0.3, 0.4) is 0 Å². The summed E-state index contributed by atoms with van der Waals surface area (Å²) in [4.78, 5) is 36.1. The molecule has 0 unspecified atom stereocenters. The summed E-state index contributed by atoms with van der Waals surface area (Å²) in [6.45, 7) is 0. The molecule has 0 aromatic rings. The van der Waals surface area contributed by atoms with Crippen molar-refractivity contribution in [3.63, 3.8) is 0 Å². The molecule has 22 heavy (non-hydrogen) atoms. The highest BCUT2D eigenvalue weighted by molar-refractivity contribution is 6.17. The Morgan fingerprint density at radius 2 is 1.23 bits per heavy atom. The minimum Gasteiger partial charge on any atom is -0.480 e. The van der Waals surface area contributed by atoms with E-state index in [9.17, 15) is 24.6 Å². The first-order chi connectivity index (χ1) is 10.5. The third kappa shape index (κ3) is 3.10. The molecule has 6 heteroatoms. The summed E-state index contributed by atoms with van der Waals surface area (Å²) < 4.78 is 5.33. The maximum atomic E-state index is 12.5. The lowest BCUT2D eigenvalue weighted by Crippen LogP contribution is -2.54. The SMILES string of the molecule is O=C(O)C(C(=O)O)(C(=O)OC1CCCCC1)C1CCCCC1. The van der Waals surface area contributed by atoms with Gasteiger partial charge in [-0.15, -0.1) is 0 Å². The highest BCUT2D eigenvalue weighted by Gasteiger charge is 2.61. The van der Waals surface area contributed by atoms with Crippen LogP contribution in [0.4, 0.5) is 0 Å². The first-order valence-electron chi connectivity index (χ1n) is 8.17. The zero-order valence-electron chi connectivity index (χ0n) is 12.8. The number of rotatable bonds is 5. The van der Waals surface area contributed by atoms with E-state index in [1.165, 1.54) is 0 Å². The van der Waals surface area contributed by atoms with Crippen LogP contribution in [0, 0.1) is 11.3 Å². The van der Waals surface area contributed by atoms with E-state index < -0.39 is 29.2 Å². The van der Waals surface area contributed by atoms with Crippen LogP contribution in [-0.2, 0) is 19.1 Å². The van der Waals surface area contributed by atoms with Gasteiger partial charge in [0.05, 0.1) is 0 Å². The van der Waals surface area contributed by atoms with Crippen LogP contribution in [-0.4, -0.2) is 34.2 Å². The highest BCUT2D eigenvalue weighted by atomic mass is 16.6. The molecule has 0 atom stereocenters. The van der Waals surface area contributed by atoms with Gasteiger partial charge in [-0.3, -0.25) is 14.4 Å². The van der Waals surface area contributed by atoms with Crippen molar-refractivity contribution < 1.29 is 29.3 Å². The molecule has 0 amide bonds. The van der Waals surface area contributed by atoms with Gasteiger partial charge in [0.1, 0.15) is 6.10 Å². The van der Waals surface area contributed by atoms with Crippen molar-refractivity contribution in [2.45, 2.75) is 70.3 Å². The standard InChI is InChI=1S/C16H24O6/c17-13(18)16(14(19)20,11-7-3-1-4-8-11)15(21)22-12-9-5-2-6-10-12/h11-12H,1-10H2,(H,17,18)(H,19,20). The van der Waals surface area contributed by atoms with E-state index >= 15 is 0 Å². The molecule has 2 fully saturated rings. The number of carboxylic acid groups (broad SMARTS) is 2. The van der Waals surface area contributed by atoms with E-state index in [2.05, 4.69) is 0 Å². The second-order valence-electron chi connectivity index (χ2n) is 6.42. The molecule has 124 valence electrons. The average Bonchev–Trinajstić information content (AvgIpc) is 2.49. The minimum atomic E-state index is -2.45. The van der Waals surface area contributed by atoms with Crippen molar-refractivity contribution in [2.24, 2.45) is 11.3 Å². The van der Waals surface area contributed by atoms with Gasteiger partial charge in [-0.1, -0.05) is 25.7 Å². The van der Waals surface area contributed by atoms with Crippen LogP contribution in [0.2, 0.25) is 0 Å². The van der Waals surface area contributed by atoms with Crippen LogP contribution < -0.4 is 0 Å². The number of carboxylic acids is 2. The van der Waals surface area contributed by atoms with Crippen LogP contribution in [0.25, 0.3) is 0 Å². The summed E-state index contributed by atoms with van der Waals surface area (Å²) in [5, 5.41) is 19.1. The predicted octanol–water partition coefficient (Wildman–Crippen LogP) is 2.60.